The fraction of sp³-hybridized carbons (Fsp3) is 0.429. The Labute approximate surface area is 217 Å². The van der Waals surface area contributed by atoms with Crippen LogP contribution in [0.5, 0.6) is 0 Å². The maximum absolute atomic E-state index is 13.5. The largest absolute Gasteiger partial charge is 0.381 e. The Kier molecular flexibility index (Phi) is 5.85. The molecule has 0 saturated carbocycles. The highest BCUT2D eigenvalue weighted by Gasteiger charge is 2.44. The van der Waals surface area contributed by atoms with Gasteiger partial charge in [-0.15, -0.1) is 5.10 Å². The normalized spacial score (nSPS) is 21.1. The highest BCUT2D eigenvalue weighted by Crippen LogP contribution is 2.43. The van der Waals surface area contributed by atoms with Gasteiger partial charge in [0.25, 0.3) is 5.91 Å². The lowest BCUT2D eigenvalue weighted by Gasteiger charge is -2.53. The van der Waals surface area contributed by atoms with Crippen LogP contribution in [0.3, 0.4) is 0 Å². The number of ether oxygens (including phenoxy) is 1. The zero-order chi connectivity index (χ0) is 26.1. The lowest BCUT2D eigenvalue weighted by molar-refractivity contribution is -0.120. The lowest BCUT2D eigenvalue weighted by Crippen LogP contribution is -2.58. The van der Waals surface area contributed by atoms with Crippen LogP contribution in [0.2, 0.25) is 0 Å². The minimum Gasteiger partial charge on any atom is -0.381 e. The summed E-state index contributed by atoms with van der Waals surface area (Å²) < 4.78 is 13.7. The monoisotopic (exact) mass is 501 g/mol. The van der Waals surface area contributed by atoms with E-state index in [2.05, 4.69) is 37.5 Å². The van der Waals surface area contributed by atoms with Crippen LogP contribution in [0.1, 0.15) is 48.2 Å². The minimum absolute atomic E-state index is 0.00465. The predicted octanol–water partition coefficient (Wildman–Crippen LogP) is 2.72. The first kappa shape index (κ1) is 22.5. The van der Waals surface area contributed by atoms with E-state index in [1.165, 1.54) is 4.90 Å². The summed E-state index contributed by atoms with van der Waals surface area (Å²) in [4.78, 5) is 34.6. The number of aromatic nitrogens is 3. The summed E-state index contributed by atoms with van der Waals surface area (Å²) >= 11 is 0. The van der Waals surface area contributed by atoms with Crippen molar-refractivity contribution in [3.05, 3.63) is 71.3 Å². The van der Waals surface area contributed by atoms with Gasteiger partial charge in [-0.3, -0.25) is 14.7 Å². The molecular formula is C28H32N6O3. The molecule has 3 aliphatic rings. The fourth-order valence-corrected chi connectivity index (χ4v) is 5.63. The van der Waals surface area contributed by atoms with Crippen molar-refractivity contribution in [1.82, 2.24) is 20.5 Å². The van der Waals surface area contributed by atoms with Crippen LogP contribution in [-0.4, -0.2) is 66.4 Å². The first-order chi connectivity index (χ1) is 18.5. The molecule has 1 aromatic heterocycles. The topological polar surface area (TPSA) is 103 Å². The number of anilines is 2. The Balaban J connectivity index is 1.13. The molecule has 3 aliphatic heterocycles. The Morgan fingerprint density at radius 3 is 2.81 bits per heavy atom. The number of H-pyrrole nitrogens is 1. The van der Waals surface area contributed by atoms with Crippen LogP contribution in [-0.2, 0) is 22.4 Å². The van der Waals surface area contributed by atoms with Gasteiger partial charge in [0, 0.05) is 57.9 Å². The van der Waals surface area contributed by atoms with Gasteiger partial charge < -0.3 is 19.9 Å². The van der Waals surface area contributed by atoms with Crippen molar-refractivity contribution in [3.63, 3.8) is 0 Å². The number of hydrogen-bond donors (Lipinski definition) is 2. The Hall–Kier alpha value is -3.72. The molecule has 0 aliphatic carbocycles. The molecule has 192 valence electrons. The second kappa shape index (κ2) is 9.63. The van der Waals surface area contributed by atoms with Crippen molar-refractivity contribution in [2.75, 3.05) is 43.1 Å². The summed E-state index contributed by atoms with van der Waals surface area (Å²) in [5.74, 6) is -0.202. The van der Waals surface area contributed by atoms with E-state index in [-0.39, 0.29) is 18.8 Å². The van der Waals surface area contributed by atoms with Gasteiger partial charge in [-0.2, -0.15) is 0 Å². The Bertz CT molecular complexity index is 1320. The average molecular weight is 502 g/mol. The van der Waals surface area contributed by atoms with Crippen molar-refractivity contribution in [2.24, 2.45) is 5.41 Å². The third-order valence-electron chi connectivity index (χ3n) is 7.85. The Morgan fingerprint density at radius 1 is 1.22 bits per heavy atom. The summed E-state index contributed by atoms with van der Waals surface area (Å²) in [7, 11) is -0.217. The fourth-order valence-electron chi connectivity index (χ4n) is 5.63. The standard InChI is InChI=1S/C28H32N6O3/c1-33-23-16-21(34-17-28(18-34)11-13-37-14-12-28)9-7-20(23)8-10-22(27(33)36)29-26(35)25-30-24(31-32-25)15-19-5-3-2-4-6-19/h2-7,9,16,22H,8,10-15,17-18H2,1H3,(H,29,35)(H,30,31,32)/i1D. The number of fused-ring (bicyclic) bond motifs is 1. The molecule has 4 heterocycles. The molecule has 2 fully saturated rings. The van der Waals surface area contributed by atoms with E-state index in [9.17, 15) is 9.59 Å². The molecule has 0 radical (unpaired) electrons. The average Bonchev–Trinajstić information content (AvgIpc) is 3.35. The predicted molar refractivity (Wildman–Crippen MR) is 140 cm³/mol. The molecule has 37 heavy (non-hydrogen) atoms. The smallest absolute Gasteiger partial charge is 0.291 e. The van der Waals surface area contributed by atoms with Crippen molar-refractivity contribution in [3.8, 4) is 0 Å². The van der Waals surface area contributed by atoms with E-state index in [0.29, 0.717) is 30.5 Å². The zero-order valence-corrected chi connectivity index (χ0v) is 20.8. The van der Waals surface area contributed by atoms with E-state index in [0.717, 1.165) is 61.6 Å². The summed E-state index contributed by atoms with van der Waals surface area (Å²) in [6.45, 7) is 3.64. The van der Waals surface area contributed by atoms with Gasteiger partial charge in [0.15, 0.2) is 0 Å². The molecule has 2 saturated heterocycles. The second-order valence-electron chi connectivity index (χ2n) is 10.4. The van der Waals surface area contributed by atoms with Crippen molar-refractivity contribution in [1.29, 1.82) is 0 Å². The van der Waals surface area contributed by atoms with E-state index in [1.807, 2.05) is 36.4 Å². The maximum Gasteiger partial charge on any atom is 0.291 e. The number of carbonyl (C=O) groups excluding carboxylic acids is 2. The van der Waals surface area contributed by atoms with Gasteiger partial charge >= 0.3 is 0 Å². The molecule has 2 amide bonds. The second-order valence-corrected chi connectivity index (χ2v) is 10.4. The number of aromatic amines is 1. The highest BCUT2D eigenvalue weighted by atomic mass is 16.5. The molecule has 2 N–H and O–H groups in total. The number of hydrogen-bond acceptors (Lipinski definition) is 6. The van der Waals surface area contributed by atoms with Crippen LogP contribution in [0.15, 0.2) is 48.5 Å². The number of aryl methyl sites for hydroxylation is 1. The molecular weight excluding hydrogens is 468 g/mol. The third-order valence-corrected chi connectivity index (χ3v) is 7.85. The van der Waals surface area contributed by atoms with Crippen LogP contribution >= 0.6 is 0 Å². The number of nitrogens with zero attached hydrogens (tertiary/aromatic N) is 4. The maximum atomic E-state index is 13.5. The summed E-state index contributed by atoms with van der Waals surface area (Å²) in [6.07, 6.45) is 3.77. The summed E-state index contributed by atoms with van der Waals surface area (Å²) in [5, 5.41) is 9.70. The molecule has 0 bridgehead atoms. The van der Waals surface area contributed by atoms with Gasteiger partial charge in [-0.05, 0) is 48.9 Å². The number of carbonyl (C=O) groups is 2. The minimum atomic E-state index is -0.755. The van der Waals surface area contributed by atoms with E-state index in [1.54, 1.807) is 0 Å². The summed E-state index contributed by atoms with van der Waals surface area (Å²) in [6, 6.07) is 15.2. The first-order valence-electron chi connectivity index (χ1n) is 13.6. The number of nitrogens with one attached hydrogen (secondary N) is 2. The van der Waals surface area contributed by atoms with E-state index in [4.69, 9.17) is 6.11 Å². The van der Waals surface area contributed by atoms with Crippen molar-refractivity contribution >= 4 is 23.2 Å². The van der Waals surface area contributed by atoms with Crippen molar-refractivity contribution < 1.29 is 15.7 Å². The van der Waals surface area contributed by atoms with Gasteiger partial charge in [0.2, 0.25) is 11.7 Å². The zero-order valence-electron chi connectivity index (χ0n) is 21.8. The van der Waals surface area contributed by atoms with Crippen LogP contribution in [0.25, 0.3) is 0 Å². The molecule has 2 aromatic carbocycles. The third kappa shape index (κ3) is 4.71. The number of benzene rings is 2. The Morgan fingerprint density at radius 2 is 2.03 bits per heavy atom. The van der Waals surface area contributed by atoms with Gasteiger partial charge in [-0.1, -0.05) is 36.4 Å². The molecule has 1 atom stereocenters. The molecule has 9 nitrogen and oxygen atoms in total. The molecule has 1 spiro atoms. The lowest BCUT2D eigenvalue weighted by atomic mass is 9.73. The molecule has 9 heteroatoms. The van der Waals surface area contributed by atoms with E-state index >= 15 is 0 Å². The SMILES string of the molecule is [2H]CN1C(=O)C(NC(=O)c2n[nH]c(Cc3ccccc3)n2)CCc2ccc(N3CC4(CCOCC4)C3)cc21. The van der Waals surface area contributed by atoms with Gasteiger partial charge in [0.1, 0.15) is 11.9 Å². The van der Waals surface area contributed by atoms with Gasteiger partial charge in [0.05, 0.1) is 0 Å². The number of rotatable bonds is 5. The molecule has 3 aromatic rings. The van der Waals surface area contributed by atoms with Crippen LogP contribution in [0.4, 0.5) is 11.4 Å². The molecule has 1 unspecified atom stereocenters. The van der Waals surface area contributed by atoms with Crippen LogP contribution in [0, 0.1) is 5.41 Å². The molecule has 6 rings (SSSR count). The van der Waals surface area contributed by atoms with Crippen molar-refractivity contribution in [2.45, 2.75) is 38.1 Å². The van der Waals surface area contributed by atoms with Gasteiger partial charge in [-0.25, -0.2) is 4.98 Å². The highest BCUT2D eigenvalue weighted by molar-refractivity contribution is 6.02. The van der Waals surface area contributed by atoms with E-state index < -0.39 is 11.9 Å². The van der Waals surface area contributed by atoms with Crippen LogP contribution < -0.4 is 15.1 Å². The summed E-state index contributed by atoms with van der Waals surface area (Å²) in [5.41, 5.74) is 4.23. The number of likely N-dealkylation sites (N-methyl/N-ethyl adjacent to an activating group) is 1. The first-order valence-corrected chi connectivity index (χ1v) is 12.9. The quantitative estimate of drug-likeness (QED) is 0.557. The number of amides is 2.